The van der Waals surface area contributed by atoms with E-state index in [1.807, 2.05) is 56.3 Å². The molecule has 3 aromatic rings. The minimum atomic E-state index is -1.32. The van der Waals surface area contributed by atoms with Gasteiger partial charge in [-0.3, -0.25) is 4.79 Å². The van der Waals surface area contributed by atoms with Crippen molar-refractivity contribution < 1.29 is 9.90 Å². The van der Waals surface area contributed by atoms with Crippen molar-refractivity contribution in [1.29, 1.82) is 5.26 Å². The maximum absolute atomic E-state index is 12.9. The third-order valence-electron chi connectivity index (χ3n) is 4.58. The molecule has 0 atom stereocenters. The molecule has 0 radical (unpaired) electrons. The number of hydrogen-bond acceptors (Lipinski definition) is 5. The fraction of sp³-hybridized carbons (Fsp3) is 0.130. The van der Waals surface area contributed by atoms with Crippen molar-refractivity contribution in [3.8, 4) is 11.8 Å². The van der Waals surface area contributed by atoms with Gasteiger partial charge in [-0.25, -0.2) is 4.79 Å². The van der Waals surface area contributed by atoms with Gasteiger partial charge in [-0.05, 0) is 36.8 Å². The Morgan fingerprint density at radius 1 is 1.10 bits per heavy atom. The van der Waals surface area contributed by atoms with E-state index in [-0.39, 0.29) is 16.8 Å². The summed E-state index contributed by atoms with van der Waals surface area (Å²) < 4.78 is 0.949. The lowest BCUT2D eigenvalue weighted by Crippen LogP contribution is -2.28. The summed E-state index contributed by atoms with van der Waals surface area (Å²) >= 11 is 0. The minimum Gasteiger partial charge on any atom is -0.476 e. The van der Waals surface area contributed by atoms with E-state index in [9.17, 15) is 20.0 Å². The summed E-state index contributed by atoms with van der Waals surface area (Å²) in [5, 5.41) is 23.3. The molecular weight excluding hydrogens is 380 g/mol. The Bertz CT molecular complexity index is 1220. The van der Waals surface area contributed by atoms with Gasteiger partial charge < -0.3 is 10.0 Å². The Morgan fingerprint density at radius 2 is 1.73 bits per heavy atom. The van der Waals surface area contributed by atoms with Gasteiger partial charge in [0, 0.05) is 25.3 Å². The van der Waals surface area contributed by atoms with Gasteiger partial charge in [0.25, 0.3) is 5.56 Å². The molecule has 0 aliphatic heterocycles. The summed E-state index contributed by atoms with van der Waals surface area (Å²) in [6.07, 6.45) is 3.10. The first-order chi connectivity index (χ1) is 14.3. The maximum atomic E-state index is 12.9. The van der Waals surface area contributed by atoms with Crippen molar-refractivity contribution in [2.75, 3.05) is 19.0 Å². The van der Waals surface area contributed by atoms with Gasteiger partial charge in [-0.1, -0.05) is 42.0 Å². The van der Waals surface area contributed by atoms with Crippen molar-refractivity contribution in [3.05, 3.63) is 86.8 Å². The van der Waals surface area contributed by atoms with Crippen molar-refractivity contribution in [2.45, 2.75) is 6.92 Å². The molecule has 0 aliphatic carbocycles. The second-order valence-corrected chi connectivity index (χ2v) is 6.93. The number of aryl methyl sites for hydroxylation is 1. The number of benzene rings is 2. The molecule has 0 unspecified atom stereocenters. The molecule has 0 fully saturated rings. The molecule has 7 nitrogen and oxygen atoms in total. The SMILES string of the molecule is Cc1ccc(-n2nc(C(=O)O)c(/C=C\c3ccc(N(C)C)cc3)c(C#N)c2=O)cc1. The third kappa shape index (κ3) is 4.13. The van der Waals surface area contributed by atoms with Crippen LogP contribution in [0.25, 0.3) is 17.8 Å². The molecule has 3 rings (SSSR count). The van der Waals surface area contributed by atoms with Crippen LogP contribution in [-0.2, 0) is 0 Å². The van der Waals surface area contributed by atoms with Crippen molar-refractivity contribution in [3.63, 3.8) is 0 Å². The zero-order valence-electron chi connectivity index (χ0n) is 16.8. The summed E-state index contributed by atoms with van der Waals surface area (Å²) in [5.74, 6) is -1.32. The number of nitriles is 1. The van der Waals surface area contributed by atoms with E-state index in [1.165, 1.54) is 6.08 Å². The second kappa shape index (κ2) is 8.45. The van der Waals surface area contributed by atoms with Crippen LogP contribution in [0.3, 0.4) is 0 Å². The van der Waals surface area contributed by atoms with Gasteiger partial charge >= 0.3 is 5.97 Å². The molecule has 1 aromatic heterocycles. The average Bonchev–Trinajstić information content (AvgIpc) is 2.73. The predicted molar refractivity (Wildman–Crippen MR) is 116 cm³/mol. The Balaban J connectivity index is 2.13. The molecule has 0 bridgehead atoms. The van der Waals surface area contributed by atoms with Gasteiger partial charge in [0.1, 0.15) is 11.6 Å². The quantitative estimate of drug-likeness (QED) is 0.705. The number of rotatable bonds is 5. The number of aromatic nitrogens is 2. The van der Waals surface area contributed by atoms with Crippen LogP contribution in [0.2, 0.25) is 0 Å². The molecule has 0 aliphatic rings. The highest BCUT2D eigenvalue weighted by Gasteiger charge is 2.21. The van der Waals surface area contributed by atoms with E-state index in [4.69, 9.17) is 0 Å². The Labute approximate surface area is 173 Å². The summed E-state index contributed by atoms with van der Waals surface area (Å²) in [6, 6.07) is 16.3. The van der Waals surface area contributed by atoms with Crippen LogP contribution < -0.4 is 10.5 Å². The van der Waals surface area contributed by atoms with E-state index in [0.29, 0.717) is 5.69 Å². The average molecular weight is 400 g/mol. The van der Waals surface area contributed by atoms with Crippen LogP contribution in [-0.4, -0.2) is 35.0 Å². The molecule has 150 valence electrons. The molecule has 1 heterocycles. The Morgan fingerprint density at radius 3 is 2.27 bits per heavy atom. The highest BCUT2D eigenvalue weighted by Crippen LogP contribution is 2.18. The third-order valence-corrected chi connectivity index (χ3v) is 4.58. The van der Waals surface area contributed by atoms with Gasteiger partial charge in [0.2, 0.25) is 0 Å². The fourth-order valence-electron chi connectivity index (χ4n) is 2.89. The van der Waals surface area contributed by atoms with Crippen molar-refractivity contribution >= 4 is 23.8 Å². The zero-order valence-corrected chi connectivity index (χ0v) is 16.8. The predicted octanol–water partition coefficient (Wildman–Crippen LogP) is 3.35. The molecule has 0 saturated carbocycles. The normalized spacial score (nSPS) is 10.7. The van der Waals surface area contributed by atoms with Gasteiger partial charge in [0.05, 0.1) is 5.69 Å². The van der Waals surface area contributed by atoms with Crippen LogP contribution in [0, 0.1) is 18.3 Å². The van der Waals surface area contributed by atoms with Crippen molar-refractivity contribution in [1.82, 2.24) is 9.78 Å². The topological polar surface area (TPSA) is 99.2 Å². The summed E-state index contributed by atoms with van der Waals surface area (Å²) in [7, 11) is 3.86. The lowest BCUT2D eigenvalue weighted by atomic mass is 10.1. The smallest absolute Gasteiger partial charge is 0.357 e. The van der Waals surface area contributed by atoms with Crippen LogP contribution in [0.15, 0.2) is 53.3 Å². The maximum Gasteiger partial charge on any atom is 0.357 e. The number of anilines is 1. The molecular formula is C23H20N4O3. The first-order valence-corrected chi connectivity index (χ1v) is 9.15. The van der Waals surface area contributed by atoms with E-state index < -0.39 is 11.5 Å². The second-order valence-electron chi connectivity index (χ2n) is 6.93. The number of carboxylic acids is 1. The van der Waals surface area contributed by atoms with Crippen LogP contribution in [0.5, 0.6) is 0 Å². The lowest BCUT2D eigenvalue weighted by molar-refractivity contribution is 0.0688. The Kier molecular flexibility index (Phi) is 5.79. The Hall–Kier alpha value is -4.18. The van der Waals surface area contributed by atoms with Crippen LogP contribution in [0.1, 0.15) is 32.7 Å². The first-order valence-electron chi connectivity index (χ1n) is 9.15. The molecule has 30 heavy (non-hydrogen) atoms. The van der Waals surface area contributed by atoms with Gasteiger partial charge in [0.15, 0.2) is 5.69 Å². The molecule has 7 heteroatoms. The highest BCUT2D eigenvalue weighted by atomic mass is 16.4. The fourth-order valence-corrected chi connectivity index (χ4v) is 2.89. The van der Waals surface area contributed by atoms with Gasteiger partial charge in [-0.2, -0.15) is 15.0 Å². The van der Waals surface area contributed by atoms with E-state index in [2.05, 4.69) is 5.10 Å². The van der Waals surface area contributed by atoms with E-state index in [0.717, 1.165) is 21.5 Å². The summed E-state index contributed by atoms with van der Waals surface area (Å²) in [6.45, 7) is 1.89. The molecule has 0 amide bonds. The highest BCUT2D eigenvalue weighted by molar-refractivity contribution is 5.92. The van der Waals surface area contributed by atoms with E-state index >= 15 is 0 Å². The summed E-state index contributed by atoms with van der Waals surface area (Å²) in [4.78, 5) is 26.7. The number of aromatic carboxylic acids is 1. The largest absolute Gasteiger partial charge is 0.476 e. The first kappa shape index (κ1) is 20.6. The minimum absolute atomic E-state index is 0.0185. The number of carbonyl (C=O) groups is 1. The molecule has 1 N–H and O–H groups in total. The van der Waals surface area contributed by atoms with E-state index in [1.54, 1.807) is 30.3 Å². The van der Waals surface area contributed by atoms with Crippen LogP contribution in [0.4, 0.5) is 5.69 Å². The molecule has 2 aromatic carbocycles. The number of carboxylic acid groups (broad SMARTS) is 1. The van der Waals surface area contributed by atoms with Crippen molar-refractivity contribution in [2.24, 2.45) is 0 Å². The van der Waals surface area contributed by atoms with Crippen LogP contribution >= 0.6 is 0 Å². The standard InChI is InChI=1S/C23H20N4O3/c1-15-4-9-18(10-5-15)27-22(28)20(14-24)19(21(25-27)23(29)30)13-8-16-6-11-17(12-7-16)26(2)3/h4-13H,1-3H3,(H,29,30)/b13-8-. The zero-order chi connectivity index (χ0) is 21.8. The number of hydrogen-bond donors (Lipinski definition) is 1. The monoisotopic (exact) mass is 400 g/mol. The lowest BCUT2D eigenvalue weighted by Gasteiger charge is -2.12. The summed E-state index contributed by atoms with van der Waals surface area (Å²) in [5.41, 5.74) is 1.84. The molecule has 0 saturated heterocycles. The number of nitrogens with zero attached hydrogens (tertiary/aromatic N) is 4. The molecule has 0 spiro atoms. The van der Waals surface area contributed by atoms with Gasteiger partial charge in [-0.15, -0.1) is 0 Å².